The van der Waals surface area contributed by atoms with Crippen LogP contribution in [-0.2, 0) is 10.0 Å². The first-order valence-corrected chi connectivity index (χ1v) is 6.13. The second-order valence-corrected chi connectivity index (χ2v) is 4.85. The highest BCUT2D eigenvalue weighted by Gasteiger charge is 2.39. The molecule has 0 radical (unpaired) electrons. The fourth-order valence-electron chi connectivity index (χ4n) is 1.22. The van der Waals surface area contributed by atoms with Crippen LogP contribution >= 0.6 is 0 Å². The van der Waals surface area contributed by atoms with Crippen molar-refractivity contribution in [2.24, 2.45) is 5.14 Å². The van der Waals surface area contributed by atoms with Crippen LogP contribution in [0, 0.1) is 10.1 Å². The van der Waals surface area contributed by atoms with Gasteiger partial charge in [-0.25, -0.2) is 22.3 Å². The van der Waals surface area contributed by atoms with Crippen LogP contribution in [0.1, 0.15) is 12.1 Å². The zero-order valence-electron chi connectivity index (χ0n) is 9.47. The minimum Gasteiger partial charge on any atom is -0.404 e. The highest BCUT2D eigenvalue weighted by molar-refractivity contribution is 7.89. The van der Waals surface area contributed by atoms with Gasteiger partial charge in [-0.3, -0.25) is 0 Å². The Hall–Kier alpha value is -2.09. The van der Waals surface area contributed by atoms with Crippen molar-refractivity contribution in [1.82, 2.24) is 4.98 Å². The Labute approximate surface area is 112 Å². The minimum atomic E-state index is -5.49. The van der Waals surface area contributed by atoms with Gasteiger partial charge in [0.15, 0.2) is 5.75 Å². The molecule has 0 aliphatic heterocycles. The molecule has 1 aromatic heterocycles. The molecule has 0 aromatic carbocycles. The van der Waals surface area contributed by atoms with Gasteiger partial charge >= 0.3 is 18.6 Å². The molecule has 0 unspecified atom stereocenters. The maximum atomic E-state index is 12.4. The summed E-state index contributed by atoms with van der Waals surface area (Å²) >= 11 is 0. The lowest BCUT2D eigenvalue weighted by atomic mass is 10.3. The zero-order valence-corrected chi connectivity index (χ0v) is 10.3. The van der Waals surface area contributed by atoms with E-state index in [9.17, 15) is 40.5 Å². The van der Waals surface area contributed by atoms with E-state index in [0.717, 1.165) is 0 Å². The molecule has 1 rings (SSSR count). The van der Waals surface area contributed by atoms with Gasteiger partial charge in [0.25, 0.3) is 0 Å². The summed E-state index contributed by atoms with van der Waals surface area (Å²) in [5.41, 5.74) is -1.48. The lowest BCUT2D eigenvalue weighted by Crippen LogP contribution is -2.23. The summed E-state index contributed by atoms with van der Waals surface area (Å²) in [4.78, 5) is 9.95. The number of nitrogens with two attached hydrogens (primary N) is 1. The van der Waals surface area contributed by atoms with Gasteiger partial charge in [0.05, 0.1) is 0 Å². The number of ether oxygens (including phenoxy) is 1. The fourth-order valence-corrected chi connectivity index (χ4v) is 1.97. The molecule has 0 bridgehead atoms. The van der Waals surface area contributed by atoms with E-state index in [0.29, 0.717) is 0 Å². The van der Waals surface area contributed by atoms with E-state index in [4.69, 9.17) is 0 Å². The Kier molecular flexibility index (Phi) is 4.33. The quantitative estimate of drug-likeness (QED) is 0.504. The molecule has 0 amide bonds. The van der Waals surface area contributed by atoms with Crippen molar-refractivity contribution in [2.75, 3.05) is 0 Å². The molecule has 1 aromatic rings. The van der Waals surface area contributed by atoms with Gasteiger partial charge in [-0.15, -0.1) is 13.2 Å². The molecule has 8 nitrogen and oxygen atoms in total. The van der Waals surface area contributed by atoms with Gasteiger partial charge in [-0.05, 0) is 9.91 Å². The van der Waals surface area contributed by atoms with Crippen molar-refractivity contribution < 1.29 is 40.0 Å². The van der Waals surface area contributed by atoms with Crippen molar-refractivity contribution in [3.63, 3.8) is 0 Å². The number of hydrogen-bond acceptors (Lipinski definition) is 6. The van der Waals surface area contributed by atoms with Gasteiger partial charge in [0.2, 0.25) is 20.6 Å². The number of nitrogens with zero attached hydrogens (tertiary/aromatic N) is 2. The first kappa shape index (κ1) is 17.0. The van der Waals surface area contributed by atoms with Crippen molar-refractivity contribution >= 4 is 15.8 Å². The van der Waals surface area contributed by atoms with E-state index in [2.05, 4.69) is 14.9 Å². The summed E-state index contributed by atoms with van der Waals surface area (Å²) in [5.74, 6) is -3.56. The molecule has 0 aliphatic carbocycles. The molecule has 21 heavy (non-hydrogen) atoms. The van der Waals surface area contributed by atoms with Gasteiger partial charge in [0, 0.05) is 6.07 Å². The van der Waals surface area contributed by atoms with Crippen LogP contribution < -0.4 is 9.88 Å². The lowest BCUT2D eigenvalue weighted by molar-refractivity contribution is -0.393. The maximum absolute atomic E-state index is 12.4. The van der Waals surface area contributed by atoms with Crippen LogP contribution in [0.3, 0.4) is 0 Å². The molecule has 0 saturated carbocycles. The largest absolute Gasteiger partial charge is 0.573 e. The van der Waals surface area contributed by atoms with Crippen molar-refractivity contribution in [3.05, 3.63) is 21.9 Å². The van der Waals surface area contributed by atoms with Crippen LogP contribution in [0.25, 0.3) is 0 Å². The van der Waals surface area contributed by atoms with Gasteiger partial charge in [0.1, 0.15) is 0 Å². The lowest BCUT2D eigenvalue weighted by Gasteiger charge is -2.12. The third-order valence-corrected chi connectivity index (χ3v) is 2.80. The standard InChI is InChI=1S/C7H4F5N3O5S/c8-5(9)2-1-3(20-7(10,11)12)4(21(13,18)19)6(14-2)15(16)17/h1,5H,(H2,13,18,19). The highest BCUT2D eigenvalue weighted by Crippen LogP contribution is 2.37. The van der Waals surface area contributed by atoms with Gasteiger partial charge in [-0.2, -0.15) is 0 Å². The molecule has 1 heterocycles. The molecule has 0 saturated heterocycles. The van der Waals surface area contributed by atoms with Gasteiger partial charge < -0.3 is 14.9 Å². The topological polar surface area (TPSA) is 125 Å². The van der Waals surface area contributed by atoms with Crippen LogP contribution in [0.15, 0.2) is 11.0 Å². The number of rotatable bonds is 4. The summed E-state index contributed by atoms with van der Waals surface area (Å²) in [6.45, 7) is 0. The Balaban J connectivity index is 3.75. The first-order chi connectivity index (χ1) is 9.33. The maximum Gasteiger partial charge on any atom is 0.573 e. The Morgan fingerprint density at radius 3 is 2.24 bits per heavy atom. The van der Waals surface area contributed by atoms with E-state index >= 15 is 0 Å². The smallest absolute Gasteiger partial charge is 0.404 e. The number of halogens is 5. The van der Waals surface area contributed by atoms with E-state index in [1.807, 2.05) is 0 Å². The number of nitro groups is 1. The van der Waals surface area contributed by atoms with Crippen LogP contribution in [0.4, 0.5) is 27.8 Å². The predicted molar refractivity (Wildman–Crippen MR) is 53.9 cm³/mol. The number of primary sulfonamides is 1. The number of pyridine rings is 1. The average molecular weight is 337 g/mol. The summed E-state index contributed by atoms with van der Waals surface area (Å²) in [6, 6.07) is -0.0924. The number of aromatic nitrogens is 1. The van der Waals surface area contributed by atoms with E-state index in [-0.39, 0.29) is 6.07 Å². The third kappa shape index (κ3) is 4.19. The van der Waals surface area contributed by atoms with Crippen LogP contribution in [0.5, 0.6) is 5.75 Å². The van der Waals surface area contributed by atoms with E-state index < -0.39 is 49.9 Å². The minimum absolute atomic E-state index is 0.0924. The molecule has 0 spiro atoms. The third-order valence-electron chi connectivity index (χ3n) is 1.85. The SMILES string of the molecule is NS(=O)(=O)c1c(OC(F)(F)F)cc(C(F)F)nc1[N+](=O)[O-]. The molecular formula is C7H4F5N3O5S. The second kappa shape index (κ2) is 5.36. The predicted octanol–water partition coefficient (Wildman–Crippen LogP) is 1.47. The molecule has 2 N–H and O–H groups in total. The molecular weight excluding hydrogens is 333 g/mol. The summed E-state index contributed by atoms with van der Waals surface area (Å²) in [6.07, 6.45) is -9.00. The average Bonchev–Trinajstić information content (AvgIpc) is 2.23. The molecule has 0 atom stereocenters. The Bertz CT molecular complexity index is 674. The summed E-state index contributed by atoms with van der Waals surface area (Å²) in [7, 11) is -5.10. The fraction of sp³-hybridized carbons (Fsp3) is 0.286. The summed E-state index contributed by atoms with van der Waals surface area (Å²) in [5, 5.41) is 15.1. The van der Waals surface area contributed by atoms with Crippen LogP contribution in [-0.4, -0.2) is 24.7 Å². The second-order valence-electron chi connectivity index (χ2n) is 3.35. The van der Waals surface area contributed by atoms with Crippen LogP contribution in [0.2, 0.25) is 0 Å². The molecule has 14 heteroatoms. The van der Waals surface area contributed by atoms with Crippen molar-refractivity contribution in [3.8, 4) is 5.75 Å². The normalized spacial score (nSPS) is 12.5. The van der Waals surface area contributed by atoms with E-state index in [1.54, 1.807) is 0 Å². The molecule has 118 valence electrons. The highest BCUT2D eigenvalue weighted by atomic mass is 32.2. The number of hydrogen-bond donors (Lipinski definition) is 1. The first-order valence-electron chi connectivity index (χ1n) is 4.59. The summed E-state index contributed by atoms with van der Waals surface area (Å²) < 4.78 is 86.8. The Morgan fingerprint density at radius 2 is 1.90 bits per heavy atom. The van der Waals surface area contributed by atoms with Crippen molar-refractivity contribution in [2.45, 2.75) is 17.7 Å². The number of alkyl halides is 5. The number of sulfonamides is 1. The van der Waals surface area contributed by atoms with Crippen molar-refractivity contribution in [1.29, 1.82) is 0 Å². The van der Waals surface area contributed by atoms with Gasteiger partial charge in [-0.1, -0.05) is 0 Å². The zero-order chi connectivity index (χ0) is 16.6. The molecule has 0 fully saturated rings. The molecule has 0 aliphatic rings. The van der Waals surface area contributed by atoms with E-state index in [1.165, 1.54) is 0 Å². The Morgan fingerprint density at radius 1 is 1.38 bits per heavy atom. The monoisotopic (exact) mass is 337 g/mol.